The van der Waals surface area contributed by atoms with Crippen molar-refractivity contribution >= 4 is 32.8 Å². The molecule has 0 radical (unpaired) electrons. The Morgan fingerprint density at radius 1 is 1.15 bits per heavy atom. The van der Waals surface area contributed by atoms with E-state index in [0.29, 0.717) is 41.7 Å². The highest BCUT2D eigenvalue weighted by molar-refractivity contribution is 7.98. The molecular formula is C25H30FN3O3S2. The van der Waals surface area contributed by atoms with E-state index in [1.165, 1.54) is 12.1 Å². The first-order valence-electron chi connectivity index (χ1n) is 11.9. The Morgan fingerprint density at radius 2 is 1.97 bits per heavy atom. The van der Waals surface area contributed by atoms with Gasteiger partial charge in [0.1, 0.15) is 5.82 Å². The molecule has 2 aliphatic rings. The van der Waals surface area contributed by atoms with E-state index in [2.05, 4.69) is 11.5 Å². The number of fused-ring (bicyclic) bond motifs is 1. The highest BCUT2D eigenvalue weighted by Crippen LogP contribution is 2.31. The third-order valence-corrected chi connectivity index (χ3v) is 9.54. The predicted octanol–water partition coefficient (Wildman–Crippen LogP) is 5.07. The van der Waals surface area contributed by atoms with Crippen LogP contribution in [0.3, 0.4) is 0 Å². The molecule has 2 aromatic carbocycles. The predicted molar refractivity (Wildman–Crippen MR) is 132 cm³/mol. The summed E-state index contributed by atoms with van der Waals surface area (Å²) in [6, 6.07) is 11.8. The lowest BCUT2D eigenvalue weighted by atomic mass is 10.0. The van der Waals surface area contributed by atoms with E-state index in [1.807, 2.05) is 6.07 Å². The maximum Gasteiger partial charge on any atom is 0.243 e. The minimum atomic E-state index is -3.55. The molecule has 34 heavy (non-hydrogen) atoms. The smallest absolute Gasteiger partial charge is 0.243 e. The van der Waals surface area contributed by atoms with Crippen LogP contribution in [0.1, 0.15) is 38.2 Å². The van der Waals surface area contributed by atoms with E-state index in [9.17, 15) is 12.8 Å². The fourth-order valence-corrected chi connectivity index (χ4v) is 7.37. The molecule has 0 N–H and O–H groups in total. The fraction of sp³-hybridized carbons (Fsp3) is 0.480. The molecule has 0 saturated carbocycles. The zero-order valence-corrected chi connectivity index (χ0v) is 21.0. The lowest BCUT2D eigenvalue weighted by molar-refractivity contribution is 0.0960. The van der Waals surface area contributed by atoms with Gasteiger partial charge in [-0.3, -0.25) is 0 Å². The number of sulfonamides is 1. The first-order chi connectivity index (χ1) is 16.4. The van der Waals surface area contributed by atoms with E-state index in [0.717, 1.165) is 48.5 Å². The first-order valence-corrected chi connectivity index (χ1v) is 14.3. The van der Waals surface area contributed by atoms with Gasteiger partial charge in [0.05, 0.1) is 28.6 Å². The second-order valence-electron chi connectivity index (χ2n) is 9.32. The van der Waals surface area contributed by atoms with Crippen LogP contribution < -0.4 is 0 Å². The number of ether oxygens (including phenoxy) is 1. The summed E-state index contributed by atoms with van der Waals surface area (Å²) < 4.78 is 49.5. The zero-order chi connectivity index (χ0) is 23.7. The van der Waals surface area contributed by atoms with Crippen LogP contribution in [0, 0.1) is 11.7 Å². The van der Waals surface area contributed by atoms with Crippen LogP contribution in [0.2, 0.25) is 0 Å². The highest BCUT2D eigenvalue weighted by atomic mass is 32.2. The van der Waals surface area contributed by atoms with E-state index in [4.69, 9.17) is 9.72 Å². The lowest BCUT2D eigenvalue weighted by Gasteiger charge is -2.30. The number of rotatable bonds is 7. The van der Waals surface area contributed by atoms with Crippen molar-refractivity contribution in [3.8, 4) is 0 Å². The van der Waals surface area contributed by atoms with Gasteiger partial charge in [-0.05, 0) is 67.5 Å². The Balaban J connectivity index is 1.46. The Hall–Kier alpha value is -1.94. The molecular weight excluding hydrogens is 473 g/mol. The molecule has 9 heteroatoms. The van der Waals surface area contributed by atoms with Crippen LogP contribution in [0.25, 0.3) is 11.0 Å². The normalized spacial score (nSPS) is 21.9. The summed E-state index contributed by atoms with van der Waals surface area (Å²) in [5.41, 5.74) is 2.58. The molecule has 0 amide bonds. The summed E-state index contributed by atoms with van der Waals surface area (Å²) in [6.45, 7) is 4.68. The fourth-order valence-electron chi connectivity index (χ4n) is 4.77. The minimum absolute atomic E-state index is 0.126. The Kier molecular flexibility index (Phi) is 6.97. The number of aromatic nitrogens is 2. The highest BCUT2D eigenvalue weighted by Gasteiger charge is 2.29. The van der Waals surface area contributed by atoms with Crippen LogP contribution in [0.15, 0.2) is 52.5 Å². The average molecular weight is 504 g/mol. The van der Waals surface area contributed by atoms with Gasteiger partial charge in [0.2, 0.25) is 10.0 Å². The lowest BCUT2D eigenvalue weighted by Crippen LogP contribution is -2.39. The summed E-state index contributed by atoms with van der Waals surface area (Å²) in [5, 5.41) is 0.816. The van der Waals surface area contributed by atoms with Crippen molar-refractivity contribution in [2.45, 2.75) is 61.1 Å². The van der Waals surface area contributed by atoms with Crippen LogP contribution >= 0.6 is 11.8 Å². The van der Waals surface area contributed by atoms with Crippen molar-refractivity contribution in [1.29, 1.82) is 0 Å². The minimum Gasteiger partial charge on any atom is -0.376 e. The van der Waals surface area contributed by atoms with E-state index in [-0.39, 0.29) is 11.9 Å². The molecule has 5 rings (SSSR count). The summed E-state index contributed by atoms with van der Waals surface area (Å²) in [6.07, 6.45) is 4.13. The Morgan fingerprint density at radius 3 is 2.71 bits per heavy atom. The third-order valence-electron chi connectivity index (χ3n) is 6.63. The number of hydrogen-bond donors (Lipinski definition) is 0. The molecule has 2 aliphatic heterocycles. The van der Waals surface area contributed by atoms with Crippen LogP contribution in [-0.4, -0.2) is 48.1 Å². The number of nitrogens with zero attached hydrogens (tertiary/aromatic N) is 3. The van der Waals surface area contributed by atoms with Crippen LogP contribution in [0.4, 0.5) is 4.39 Å². The molecule has 0 aliphatic carbocycles. The summed E-state index contributed by atoms with van der Waals surface area (Å²) in [7, 11) is -3.55. The second-order valence-corrected chi connectivity index (χ2v) is 12.2. The summed E-state index contributed by atoms with van der Waals surface area (Å²) in [5.74, 6) is 0.759. The quantitative estimate of drug-likeness (QED) is 0.422. The number of imidazole rings is 1. The van der Waals surface area contributed by atoms with Gasteiger partial charge in [-0.1, -0.05) is 30.8 Å². The van der Waals surface area contributed by atoms with Crippen molar-refractivity contribution in [2.24, 2.45) is 5.92 Å². The van der Waals surface area contributed by atoms with Crippen molar-refractivity contribution in [3.63, 3.8) is 0 Å². The first kappa shape index (κ1) is 23.8. The Bertz CT molecular complexity index is 1250. The molecule has 2 unspecified atom stereocenters. The van der Waals surface area contributed by atoms with Crippen molar-refractivity contribution in [3.05, 3.63) is 53.8 Å². The van der Waals surface area contributed by atoms with E-state index < -0.39 is 10.0 Å². The topological polar surface area (TPSA) is 64.4 Å². The van der Waals surface area contributed by atoms with Crippen LogP contribution in [0.5, 0.6) is 0 Å². The van der Waals surface area contributed by atoms with Crippen molar-refractivity contribution < 1.29 is 17.5 Å². The van der Waals surface area contributed by atoms with Crippen molar-refractivity contribution in [1.82, 2.24) is 13.9 Å². The van der Waals surface area contributed by atoms with Gasteiger partial charge in [-0.2, -0.15) is 4.31 Å². The van der Waals surface area contributed by atoms with Gasteiger partial charge >= 0.3 is 0 Å². The number of hydrogen-bond acceptors (Lipinski definition) is 5. The molecule has 6 nitrogen and oxygen atoms in total. The molecule has 0 spiro atoms. The molecule has 3 heterocycles. The molecule has 3 aromatic rings. The van der Waals surface area contributed by atoms with E-state index >= 15 is 0 Å². The second kappa shape index (κ2) is 9.97. The van der Waals surface area contributed by atoms with Gasteiger partial charge in [0.25, 0.3) is 0 Å². The molecule has 182 valence electrons. The molecule has 2 saturated heterocycles. The maximum atomic E-state index is 13.3. The zero-order valence-electron chi connectivity index (χ0n) is 19.3. The van der Waals surface area contributed by atoms with Gasteiger partial charge in [-0.15, -0.1) is 0 Å². The SMILES string of the molecule is CC1CCCN(S(=O)(=O)c2ccc3c(c2)nc(SCc2ccc(F)cc2)n3CC2CCCO2)C1. The molecule has 1 aromatic heterocycles. The third kappa shape index (κ3) is 5.03. The number of thioether (sulfide) groups is 1. The summed E-state index contributed by atoms with van der Waals surface area (Å²) in [4.78, 5) is 5.13. The summed E-state index contributed by atoms with van der Waals surface area (Å²) >= 11 is 1.57. The van der Waals surface area contributed by atoms with Gasteiger partial charge in [0.15, 0.2) is 5.16 Å². The Labute approximate surface area is 204 Å². The maximum absolute atomic E-state index is 13.3. The van der Waals surface area contributed by atoms with Gasteiger partial charge in [-0.25, -0.2) is 17.8 Å². The van der Waals surface area contributed by atoms with Gasteiger partial charge in [0, 0.05) is 25.4 Å². The monoisotopic (exact) mass is 503 g/mol. The largest absolute Gasteiger partial charge is 0.376 e. The standard InChI is InChI=1S/C25H30FN3O3S2/c1-18-4-2-12-28(15-18)34(30,31)22-10-11-24-23(14-22)27-25(29(24)16-21-5-3-13-32-21)33-17-19-6-8-20(26)9-7-19/h6-11,14,18,21H,2-5,12-13,15-17H2,1H3. The van der Waals surface area contributed by atoms with Crippen LogP contribution in [-0.2, 0) is 27.1 Å². The van der Waals surface area contributed by atoms with E-state index in [1.54, 1.807) is 40.3 Å². The number of piperidine rings is 1. The number of halogens is 1. The van der Waals surface area contributed by atoms with Crippen molar-refractivity contribution in [2.75, 3.05) is 19.7 Å². The molecule has 2 atom stereocenters. The average Bonchev–Trinajstić information content (AvgIpc) is 3.46. The number of benzene rings is 2. The van der Waals surface area contributed by atoms with Gasteiger partial charge < -0.3 is 9.30 Å². The molecule has 2 fully saturated rings. The molecule has 0 bridgehead atoms.